The molecule has 19 heavy (non-hydrogen) atoms. The van der Waals surface area contributed by atoms with Crippen LogP contribution in [0, 0.1) is 0 Å². The highest BCUT2D eigenvalue weighted by Gasteiger charge is 2.29. The summed E-state index contributed by atoms with van der Waals surface area (Å²) in [7, 11) is 1.50. The molecule has 1 aliphatic rings. The number of urea groups is 1. The van der Waals surface area contributed by atoms with Crippen LogP contribution in [0.3, 0.4) is 0 Å². The van der Waals surface area contributed by atoms with Gasteiger partial charge in [0.05, 0.1) is 0 Å². The van der Waals surface area contributed by atoms with Gasteiger partial charge in [0, 0.05) is 25.7 Å². The summed E-state index contributed by atoms with van der Waals surface area (Å²) >= 11 is 0. The van der Waals surface area contributed by atoms with E-state index in [0.29, 0.717) is 6.61 Å². The van der Waals surface area contributed by atoms with Crippen LogP contribution in [0.2, 0.25) is 0 Å². The van der Waals surface area contributed by atoms with E-state index in [2.05, 4.69) is 10.6 Å². The topological polar surface area (TPSA) is 87.7 Å². The molecule has 1 rings (SSSR count). The number of carboxylic acids is 1. The maximum atomic E-state index is 11.9. The van der Waals surface area contributed by atoms with E-state index < -0.39 is 18.0 Å². The van der Waals surface area contributed by atoms with Gasteiger partial charge in [-0.1, -0.05) is 19.3 Å². The average molecular weight is 272 g/mol. The largest absolute Gasteiger partial charge is 0.480 e. The lowest BCUT2D eigenvalue weighted by Gasteiger charge is -2.34. The Bertz CT molecular complexity index is 314. The number of carbonyl (C=O) groups is 2. The fraction of sp³-hybridized carbons (Fsp3) is 0.846. The second kappa shape index (κ2) is 7.33. The minimum absolute atomic E-state index is 0.216. The first-order valence-corrected chi connectivity index (χ1v) is 6.77. The van der Waals surface area contributed by atoms with E-state index in [4.69, 9.17) is 9.84 Å². The van der Waals surface area contributed by atoms with E-state index in [1.54, 1.807) is 0 Å². The third-order valence-corrected chi connectivity index (χ3v) is 3.59. The predicted molar refractivity (Wildman–Crippen MR) is 71.1 cm³/mol. The smallest absolute Gasteiger partial charge is 0.326 e. The van der Waals surface area contributed by atoms with Crippen molar-refractivity contribution in [3.8, 4) is 0 Å². The Labute approximate surface area is 113 Å². The standard InChI is InChI=1S/C13H24N2O4/c1-13(7-4-3-5-8-13)15-12(18)14-10(11(16)17)6-9-19-2/h10H,3-9H2,1-2H3,(H,16,17)(H2,14,15,18). The Morgan fingerprint density at radius 3 is 2.47 bits per heavy atom. The number of rotatable bonds is 6. The SMILES string of the molecule is COCCC(NC(=O)NC1(C)CCCCC1)C(=O)O. The molecule has 0 bridgehead atoms. The summed E-state index contributed by atoms with van der Waals surface area (Å²) in [5, 5.41) is 14.4. The predicted octanol–water partition coefficient (Wildman–Crippen LogP) is 1.50. The highest BCUT2D eigenvalue weighted by molar-refractivity contribution is 5.82. The van der Waals surface area contributed by atoms with Crippen LogP contribution >= 0.6 is 0 Å². The lowest BCUT2D eigenvalue weighted by atomic mass is 9.83. The molecule has 3 N–H and O–H groups in total. The lowest BCUT2D eigenvalue weighted by Crippen LogP contribution is -2.54. The van der Waals surface area contributed by atoms with Gasteiger partial charge in [0.1, 0.15) is 6.04 Å². The number of nitrogens with one attached hydrogen (secondary N) is 2. The van der Waals surface area contributed by atoms with Crippen molar-refractivity contribution in [2.75, 3.05) is 13.7 Å². The van der Waals surface area contributed by atoms with Crippen molar-refractivity contribution in [3.63, 3.8) is 0 Å². The zero-order chi connectivity index (χ0) is 14.3. The summed E-state index contributed by atoms with van der Waals surface area (Å²) in [5.41, 5.74) is -0.216. The summed E-state index contributed by atoms with van der Waals surface area (Å²) in [5.74, 6) is -1.04. The van der Waals surface area contributed by atoms with Crippen LogP contribution in [-0.2, 0) is 9.53 Å². The van der Waals surface area contributed by atoms with Gasteiger partial charge in [-0.2, -0.15) is 0 Å². The molecule has 0 radical (unpaired) electrons. The summed E-state index contributed by atoms with van der Waals surface area (Å²) < 4.78 is 4.84. The van der Waals surface area contributed by atoms with Crippen LogP contribution in [0.4, 0.5) is 4.79 Å². The van der Waals surface area contributed by atoms with Gasteiger partial charge in [0.15, 0.2) is 0 Å². The molecule has 6 nitrogen and oxygen atoms in total. The number of methoxy groups -OCH3 is 1. The van der Waals surface area contributed by atoms with Crippen molar-refractivity contribution in [1.82, 2.24) is 10.6 Å². The maximum Gasteiger partial charge on any atom is 0.326 e. The first-order chi connectivity index (χ1) is 8.97. The molecule has 2 amide bonds. The molecule has 0 aromatic carbocycles. The van der Waals surface area contributed by atoms with Crippen molar-refractivity contribution in [1.29, 1.82) is 0 Å². The second-order valence-electron chi connectivity index (χ2n) is 5.39. The van der Waals surface area contributed by atoms with E-state index in [9.17, 15) is 9.59 Å². The zero-order valence-corrected chi connectivity index (χ0v) is 11.7. The monoisotopic (exact) mass is 272 g/mol. The van der Waals surface area contributed by atoms with E-state index in [1.807, 2.05) is 6.92 Å². The van der Waals surface area contributed by atoms with Crippen LogP contribution in [-0.4, -0.2) is 42.4 Å². The van der Waals surface area contributed by atoms with Crippen LogP contribution in [0.5, 0.6) is 0 Å². The van der Waals surface area contributed by atoms with Crippen molar-refractivity contribution >= 4 is 12.0 Å². The van der Waals surface area contributed by atoms with Gasteiger partial charge in [-0.05, 0) is 19.8 Å². The van der Waals surface area contributed by atoms with Crippen molar-refractivity contribution in [2.24, 2.45) is 0 Å². The molecule has 0 aliphatic heterocycles. The van der Waals surface area contributed by atoms with Gasteiger partial charge in [-0.25, -0.2) is 9.59 Å². The molecular weight excluding hydrogens is 248 g/mol. The number of amides is 2. The Morgan fingerprint density at radius 2 is 1.95 bits per heavy atom. The Balaban J connectivity index is 2.45. The molecule has 1 unspecified atom stereocenters. The van der Waals surface area contributed by atoms with Gasteiger partial charge in [0.25, 0.3) is 0 Å². The molecule has 0 aromatic heterocycles. The van der Waals surface area contributed by atoms with Crippen LogP contribution in [0.15, 0.2) is 0 Å². The molecule has 0 spiro atoms. The van der Waals surface area contributed by atoms with Gasteiger partial charge in [0.2, 0.25) is 0 Å². The van der Waals surface area contributed by atoms with Gasteiger partial charge < -0.3 is 20.5 Å². The zero-order valence-electron chi connectivity index (χ0n) is 11.7. The van der Waals surface area contributed by atoms with E-state index >= 15 is 0 Å². The second-order valence-corrected chi connectivity index (χ2v) is 5.39. The summed E-state index contributed by atoms with van der Waals surface area (Å²) in [6, 6.07) is -1.32. The molecule has 6 heteroatoms. The molecule has 1 fully saturated rings. The third kappa shape index (κ3) is 5.46. The number of hydrogen-bond acceptors (Lipinski definition) is 3. The van der Waals surface area contributed by atoms with Crippen molar-refractivity contribution in [2.45, 2.75) is 57.0 Å². The minimum Gasteiger partial charge on any atom is -0.480 e. The summed E-state index contributed by atoms with van der Waals surface area (Å²) in [6.45, 7) is 2.31. The number of carbonyl (C=O) groups excluding carboxylic acids is 1. The Kier molecular flexibility index (Phi) is 6.08. The molecule has 1 saturated carbocycles. The molecule has 110 valence electrons. The average Bonchev–Trinajstić information content (AvgIpc) is 2.34. The van der Waals surface area contributed by atoms with Crippen LogP contribution < -0.4 is 10.6 Å². The molecule has 0 saturated heterocycles. The van der Waals surface area contributed by atoms with Gasteiger partial charge >= 0.3 is 12.0 Å². The number of ether oxygens (including phenoxy) is 1. The first kappa shape index (κ1) is 15.8. The summed E-state index contributed by atoms with van der Waals surface area (Å²) in [4.78, 5) is 22.9. The molecule has 0 heterocycles. The first-order valence-electron chi connectivity index (χ1n) is 6.77. The van der Waals surface area contributed by atoms with E-state index in [-0.39, 0.29) is 12.0 Å². The highest BCUT2D eigenvalue weighted by atomic mass is 16.5. The molecule has 1 aliphatic carbocycles. The Hall–Kier alpha value is -1.30. The van der Waals surface area contributed by atoms with E-state index in [1.165, 1.54) is 13.5 Å². The fourth-order valence-corrected chi connectivity index (χ4v) is 2.42. The van der Waals surface area contributed by atoms with Gasteiger partial charge in [-0.15, -0.1) is 0 Å². The Morgan fingerprint density at radius 1 is 1.32 bits per heavy atom. The molecular formula is C13H24N2O4. The van der Waals surface area contributed by atoms with Crippen LogP contribution in [0.25, 0.3) is 0 Å². The van der Waals surface area contributed by atoms with E-state index in [0.717, 1.165) is 25.7 Å². The maximum absolute atomic E-state index is 11.9. The fourth-order valence-electron chi connectivity index (χ4n) is 2.42. The number of hydrogen-bond donors (Lipinski definition) is 3. The van der Waals surface area contributed by atoms with Crippen molar-refractivity contribution < 1.29 is 19.4 Å². The third-order valence-electron chi connectivity index (χ3n) is 3.59. The lowest BCUT2D eigenvalue weighted by molar-refractivity contribution is -0.139. The number of carboxylic acid groups (broad SMARTS) is 1. The summed E-state index contributed by atoms with van der Waals surface area (Å²) in [6.07, 6.45) is 5.54. The normalized spacial score (nSPS) is 19.5. The van der Waals surface area contributed by atoms with Gasteiger partial charge in [-0.3, -0.25) is 0 Å². The number of aliphatic carboxylic acids is 1. The van der Waals surface area contributed by atoms with Crippen LogP contribution in [0.1, 0.15) is 45.4 Å². The van der Waals surface area contributed by atoms with Crippen molar-refractivity contribution in [3.05, 3.63) is 0 Å². The highest BCUT2D eigenvalue weighted by Crippen LogP contribution is 2.27. The quantitative estimate of drug-likeness (QED) is 0.683. The molecule has 1 atom stereocenters. The minimum atomic E-state index is -1.04. The molecule has 0 aromatic rings.